The zero-order valence-corrected chi connectivity index (χ0v) is 10.3. The summed E-state index contributed by atoms with van der Waals surface area (Å²) in [6, 6.07) is 6.72. The summed E-state index contributed by atoms with van der Waals surface area (Å²) in [5.74, 6) is 0.0801. The normalized spacial score (nSPS) is 9.95. The van der Waals surface area contributed by atoms with Gasteiger partial charge in [-0.1, -0.05) is 12.1 Å². The molecule has 0 radical (unpaired) electrons. The second-order valence-corrected chi connectivity index (χ2v) is 3.76. The van der Waals surface area contributed by atoms with Crippen molar-refractivity contribution in [1.82, 2.24) is 9.55 Å². The lowest BCUT2D eigenvalue weighted by molar-refractivity contribution is -0.131. The van der Waals surface area contributed by atoms with Crippen molar-refractivity contribution >= 4 is 12.1 Å². The molecule has 19 heavy (non-hydrogen) atoms. The van der Waals surface area contributed by atoms with Crippen LogP contribution in [0.1, 0.15) is 12.5 Å². The molecule has 6 nitrogen and oxygen atoms in total. The van der Waals surface area contributed by atoms with Crippen molar-refractivity contribution in [3.63, 3.8) is 0 Å². The Hall–Kier alpha value is -2.63. The molecule has 0 N–H and O–H groups in total. The van der Waals surface area contributed by atoms with E-state index in [4.69, 9.17) is 9.47 Å². The van der Waals surface area contributed by atoms with Crippen molar-refractivity contribution in [1.29, 1.82) is 0 Å². The third-order valence-electron chi connectivity index (χ3n) is 2.26. The third kappa shape index (κ3) is 3.67. The first-order chi connectivity index (χ1) is 9.15. The molecule has 98 valence electrons. The fourth-order valence-electron chi connectivity index (χ4n) is 1.41. The molecular weight excluding hydrogens is 248 g/mol. The van der Waals surface area contributed by atoms with Gasteiger partial charge in [0, 0.05) is 19.3 Å². The van der Waals surface area contributed by atoms with Crippen LogP contribution >= 0.6 is 0 Å². The Kier molecular flexibility index (Phi) is 3.92. The van der Waals surface area contributed by atoms with Gasteiger partial charge in [0.05, 0.1) is 0 Å². The third-order valence-corrected chi connectivity index (χ3v) is 2.26. The van der Waals surface area contributed by atoms with Crippen LogP contribution in [0, 0.1) is 0 Å². The molecule has 6 heteroatoms. The molecule has 0 atom stereocenters. The van der Waals surface area contributed by atoms with E-state index in [1.54, 1.807) is 24.3 Å². The Morgan fingerprint density at radius 1 is 1.26 bits per heavy atom. The summed E-state index contributed by atoms with van der Waals surface area (Å²) in [5.41, 5.74) is 0.796. The lowest BCUT2D eigenvalue weighted by Gasteiger charge is -2.06. The molecule has 0 aliphatic carbocycles. The maximum atomic E-state index is 11.5. The molecule has 2 aromatic rings. The minimum absolute atomic E-state index is 0.136. The second-order valence-electron chi connectivity index (χ2n) is 3.76. The average molecular weight is 260 g/mol. The number of ether oxygens (including phenoxy) is 2. The number of rotatable bonds is 3. The molecule has 0 fully saturated rings. The minimum Gasteiger partial charge on any atom is -0.444 e. The largest absolute Gasteiger partial charge is 0.444 e. The van der Waals surface area contributed by atoms with Crippen LogP contribution in [0.2, 0.25) is 0 Å². The number of nitrogens with zero attached hydrogens (tertiary/aromatic N) is 2. The van der Waals surface area contributed by atoms with Gasteiger partial charge in [0.1, 0.15) is 18.7 Å². The van der Waals surface area contributed by atoms with Crippen molar-refractivity contribution in [2.24, 2.45) is 0 Å². The standard InChI is InChI=1S/C13H12N2O4/c1-10(16)19-12-4-2-11(3-5-12)8-18-13(17)15-7-6-14-9-15/h2-7,9H,8H2,1H3. The van der Waals surface area contributed by atoms with Crippen LogP contribution < -0.4 is 4.74 Å². The number of benzene rings is 1. The molecule has 0 aliphatic rings. The van der Waals surface area contributed by atoms with Gasteiger partial charge in [-0.3, -0.25) is 4.79 Å². The average Bonchev–Trinajstić information content (AvgIpc) is 2.91. The maximum Gasteiger partial charge on any atom is 0.419 e. The number of imidazole rings is 1. The Morgan fingerprint density at radius 3 is 2.58 bits per heavy atom. The molecule has 0 saturated heterocycles. The molecule has 1 heterocycles. The van der Waals surface area contributed by atoms with Gasteiger partial charge in [-0.15, -0.1) is 0 Å². The zero-order valence-electron chi connectivity index (χ0n) is 10.3. The van der Waals surface area contributed by atoms with Gasteiger partial charge in [-0.2, -0.15) is 0 Å². The van der Waals surface area contributed by atoms with Crippen LogP contribution in [0.25, 0.3) is 0 Å². The van der Waals surface area contributed by atoms with Crippen LogP contribution in [-0.2, 0) is 16.1 Å². The van der Waals surface area contributed by atoms with E-state index in [9.17, 15) is 9.59 Å². The van der Waals surface area contributed by atoms with Crippen LogP contribution in [0.15, 0.2) is 43.0 Å². The smallest absolute Gasteiger partial charge is 0.419 e. The SMILES string of the molecule is CC(=O)Oc1ccc(COC(=O)n2ccnc2)cc1. The van der Waals surface area contributed by atoms with E-state index >= 15 is 0 Å². The van der Waals surface area contributed by atoms with Gasteiger partial charge >= 0.3 is 12.1 Å². The molecule has 0 spiro atoms. The van der Waals surface area contributed by atoms with Crippen LogP contribution in [0.5, 0.6) is 5.75 Å². The maximum absolute atomic E-state index is 11.5. The lowest BCUT2D eigenvalue weighted by atomic mass is 10.2. The van der Waals surface area contributed by atoms with Crippen LogP contribution in [0.4, 0.5) is 4.79 Å². The topological polar surface area (TPSA) is 70.4 Å². The number of carbonyl (C=O) groups excluding carboxylic acids is 2. The van der Waals surface area contributed by atoms with Gasteiger partial charge in [-0.05, 0) is 17.7 Å². The fourth-order valence-corrected chi connectivity index (χ4v) is 1.41. The Morgan fingerprint density at radius 2 is 2.00 bits per heavy atom. The predicted octanol–water partition coefficient (Wildman–Crippen LogP) is 1.99. The van der Waals surface area contributed by atoms with Crippen molar-refractivity contribution in [3.05, 3.63) is 48.5 Å². The Labute approximate surface area is 109 Å². The van der Waals surface area contributed by atoms with E-state index in [2.05, 4.69) is 4.98 Å². The molecule has 1 aromatic carbocycles. The summed E-state index contributed by atoms with van der Waals surface area (Å²) in [6.07, 6.45) is 3.87. The highest BCUT2D eigenvalue weighted by molar-refractivity contribution is 5.70. The quantitative estimate of drug-likeness (QED) is 0.623. The predicted molar refractivity (Wildman–Crippen MR) is 65.6 cm³/mol. The summed E-state index contributed by atoms with van der Waals surface area (Å²) in [5, 5.41) is 0. The van der Waals surface area contributed by atoms with Crippen molar-refractivity contribution < 1.29 is 19.1 Å². The van der Waals surface area contributed by atoms with Gasteiger partial charge in [-0.25, -0.2) is 14.3 Å². The lowest BCUT2D eigenvalue weighted by Crippen LogP contribution is -2.11. The Balaban J connectivity index is 1.89. The number of aromatic nitrogens is 2. The molecule has 1 aromatic heterocycles. The Bertz CT molecular complexity index is 561. The van der Waals surface area contributed by atoms with E-state index in [0.717, 1.165) is 5.56 Å². The van der Waals surface area contributed by atoms with Crippen molar-refractivity contribution in [2.75, 3.05) is 0 Å². The van der Waals surface area contributed by atoms with E-state index in [1.807, 2.05) is 0 Å². The zero-order chi connectivity index (χ0) is 13.7. The highest BCUT2D eigenvalue weighted by atomic mass is 16.5. The van der Waals surface area contributed by atoms with E-state index in [0.29, 0.717) is 5.75 Å². The summed E-state index contributed by atoms with van der Waals surface area (Å²) < 4.78 is 11.2. The van der Waals surface area contributed by atoms with E-state index in [-0.39, 0.29) is 12.6 Å². The first-order valence-electron chi connectivity index (χ1n) is 5.57. The monoisotopic (exact) mass is 260 g/mol. The number of esters is 1. The first kappa shape index (κ1) is 12.8. The summed E-state index contributed by atoms with van der Waals surface area (Å²) in [6.45, 7) is 1.47. The highest BCUT2D eigenvalue weighted by Crippen LogP contribution is 2.13. The molecule has 0 aliphatic heterocycles. The molecule has 0 amide bonds. The summed E-state index contributed by atoms with van der Waals surface area (Å²) in [7, 11) is 0. The molecule has 0 saturated carbocycles. The summed E-state index contributed by atoms with van der Waals surface area (Å²) >= 11 is 0. The van der Waals surface area contributed by atoms with Gasteiger partial charge < -0.3 is 9.47 Å². The van der Waals surface area contributed by atoms with Crippen LogP contribution in [0.3, 0.4) is 0 Å². The van der Waals surface area contributed by atoms with Crippen molar-refractivity contribution in [2.45, 2.75) is 13.5 Å². The minimum atomic E-state index is -0.499. The number of hydrogen-bond donors (Lipinski definition) is 0. The van der Waals surface area contributed by atoms with Gasteiger partial charge in [0.2, 0.25) is 0 Å². The van der Waals surface area contributed by atoms with Crippen LogP contribution in [-0.4, -0.2) is 21.6 Å². The molecule has 0 unspecified atom stereocenters. The van der Waals surface area contributed by atoms with Gasteiger partial charge in [0.25, 0.3) is 0 Å². The fraction of sp³-hybridized carbons (Fsp3) is 0.154. The first-order valence-corrected chi connectivity index (χ1v) is 5.57. The molecule has 0 bridgehead atoms. The van der Waals surface area contributed by atoms with E-state index < -0.39 is 6.09 Å². The van der Waals surface area contributed by atoms with E-state index in [1.165, 1.54) is 30.2 Å². The van der Waals surface area contributed by atoms with Crippen molar-refractivity contribution in [3.8, 4) is 5.75 Å². The highest BCUT2D eigenvalue weighted by Gasteiger charge is 2.05. The second kappa shape index (κ2) is 5.81. The molecular formula is C13H12N2O4. The number of hydrogen-bond acceptors (Lipinski definition) is 5. The molecule has 2 rings (SSSR count). The summed E-state index contributed by atoms with van der Waals surface area (Å²) in [4.78, 5) is 26.0. The van der Waals surface area contributed by atoms with Gasteiger partial charge in [0.15, 0.2) is 0 Å². The number of carbonyl (C=O) groups is 2.